The molecule has 2 rings (SSSR count). The predicted molar refractivity (Wildman–Crippen MR) is 74.7 cm³/mol. The first-order chi connectivity index (χ1) is 8.74. The van der Waals surface area contributed by atoms with Gasteiger partial charge in [-0.05, 0) is 17.9 Å². The summed E-state index contributed by atoms with van der Waals surface area (Å²) in [6, 6.07) is 2.48. The molecule has 19 heavy (non-hydrogen) atoms. The number of nitrogens with zero attached hydrogens (tertiary/aromatic N) is 1. The predicted octanol–water partition coefficient (Wildman–Crippen LogP) is 3.93. The van der Waals surface area contributed by atoms with Gasteiger partial charge in [0, 0.05) is 18.5 Å². The number of oxazole rings is 1. The van der Waals surface area contributed by atoms with Gasteiger partial charge in [0.1, 0.15) is 11.3 Å². The lowest BCUT2D eigenvalue weighted by atomic mass is 9.87. The lowest BCUT2D eigenvalue weighted by Crippen LogP contribution is -2.28. The molecule has 0 aliphatic heterocycles. The van der Waals surface area contributed by atoms with Crippen molar-refractivity contribution in [1.29, 1.82) is 0 Å². The van der Waals surface area contributed by atoms with Crippen molar-refractivity contribution in [1.82, 2.24) is 4.98 Å². The fourth-order valence-electron chi connectivity index (χ4n) is 2.18. The van der Waals surface area contributed by atoms with E-state index in [2.05, 4.69) is 25.8 Å². The van der Waals surface area contributed by atoms with Crippen molar-refractivity contribution < 1.29 is 8.81 Å². The number of rotatable bonds is 3. The molecule has 0 saturated heterocycles. The number of benzene rings is 1. The van der Waals surface area contributed by atoms with Gasteiger partial charge in [0.05, 0.1) is 5.02 Å². The smallest absolute Gasteiger partial charge is 0.197 e. The van der Waals surface area contributed by atoms with Gasteiger partial charge in [-0.1, -0.05) is 32.4 Å². The Balaban J connectivity index is 2.20. The van der Waals surface area contributed by atoms with E-state index in [0.717, 1.165) is 6.42 Å². The van der Waals surface area contributed by atoms with E-state index in [1.807, 2.05) is 0 Å². The first-order valence-electron chi connectivity index (χ1n) is 6.25. The summed E-state index contributed by atoms with van der Waals surface area (Å²) in [6.45, 7) is 6.39. The summed E-state index contributed by atoms with van der Waals surface area (Å²) in [7, 11) is 0. The van der Waals surface area contributed by atoms with Crippen molar-refractivity contribution in [2.75, 3.05) is 0 Å². The molecule has 1 heterocycles. The van der Waals surface area contributed by atoms with E-state index in [0.29, 0.717) is 23.4 Å². The van der Waals surface area contributed by atoms with Crippen LogP contribution in [0.25, 0.3) is 11.1 Å². The normalized spacial score (nSPS) is 14.0. The van der Waals surface area contributed by atoms with Crippen LogP contribution in [-0.4, -0.2) is 11.0 Å². The van der Waals surface area contributed by atoms with Crippen molar-refractivity contribution in [2.24, 2.45) is 11.1 Å². The second-order valence-electron chi connectivity index (χ2n) is 6.07. The molecule has 0 radical (unpaired) electrons. The monoisotopic (exact) mass is 284 g/mol. The van der Waals surface area contributed by atoms with Gasteiger partial charge in [-0.2, -0.15) is 0 Å². The Hall–Kier alpha value is -1.13. The molecule has 0 amide bonds. The lowest BCUT2D eigenvalue weighted by molar-refractivity contribution is 0.329. The minimum Gasteiger partial charge on any atom is -0.439 e. The van der Waals surface area contributed by atoms with Gasteiger partial charge >= 0.3 is 0 Å². The summed E-state index contributed by atoms with van der Waals surface area (Å²) in [6.07, 6.45) is 1.37. The fourth-order valence-corrected chi connectivity index (χ4v) is 2.42. The third kappa shape index (κ3) is 3.67. The molecule has 0 spiro atoms. The van der Waals surface area contributed by atoms with Crippen LogP contribution in [0.15, 0.2) is 16.5 Å². The molecule has 0 aliphatic carbocycles. The van der Waals surface area contributed by atoms with E-state index in [4.69, 9.17) is 21.8 Å². The molecule has 1 unspecified atom stereocenters. The van der Waals surface area contributed by atoms with Crippen molar-refractivity contribution in [3.63, 3.8) is 0 Å². The molecule has 104 valence electrons. The van der Waals surface area contributed by atoms with Crippen LogP contribution in [0.5, 0.6) is 0 Å². The van der Waals surface area contributed by atoms with Gasteiger partial charge in [-0.15, -0.1) is 0 Å². The van der Waals surface area contributed by atoms with Gasteiger partial charge in [0.2, 0.25) is 0 Å². The third-order valence-electron chi connectivity index (χ3n) is 2.77. The largest absolute Gasteiger partial charge is 0.439 e. The minimum absolute atomic E-state index is 0.0447. The summed E-state index contributed by atoms with van der Waals surface area (Å²) in [5, 5.41) is 0.234. The minimum atomic E-state index is -0.420. The average Bonchev–Trinajstić information content (AvgIpc) is 2.56. The van der Waals surface area contributed by atoms with Crippen LogP contribution in [0, 0.1) is 11.2 Å². The van der Waals surface area contributed by atoms with Gasteiger partial charge in [-0.3, -0.25) is 0 Å². The summed E-state index contributed by atoms with van der Waals surface area (Å²) < 4.78 is 18.8. The van der Waals surface area contributed by atoms with Crippen LogP contribution in [0.4, 0.5) is 4.39 Å². The third-order valence-corrected chi connectivity index (χ3v) is 3.05. The van der Waals surface area contributed by atoms with Gasteiger partial charge in [-0.25, -0.2) is 9.37 Å². The maximum absolute atomic E-state index is 13.2. The van der Waals surface area contributed by atoms with Crippen LogP contribution >= 0.6 is 11.6 Å². The molecule has 3 nitrogen and oxygen atoms in total. The molecule has 1 aromatic carbocycles. The Labute approximate surface area is 116 Å². The van der Waals surface area contributed by atoms with Crippen LogP contribution in [0.3, 0.4) is 0 Å². The second-order valence-corrected chi connectivity index (χ2v) is 6.48. The number of hydrogen-bond donors (Lipinski definition) is 1. The number of fused-ring (bicyclic) bond motifs is 1. The summed E-state index contributed by atoms with van der Waals surface area (Å²) in [5.74, 6) is 0.0792. The zero-order valence-electron chi connectivity index (χ0n) is 11.3. The standard InChI is InChI=1S/C14H18ClFN2O/c1-14(2,3)7-9(17)6-12-18-11-5-8(16)4-10(15)13(11)19-12/h4-5,9H,6-7,17H2,1-3H3. The van der Waals surface area contributed by atoms with E-state index >= 15 is 0 Å². The topological polar surface area (TPSA) is 52.0 Å². The van der Waals surface area contributed by atoms with Gasteiger partial charge in [0.25, 0.3) is 0 Å². The molecule has 1 aromatic heterocycles. The van der Waals surface area contributed by atoms with E-state index < -0.39 is 5.82 Å². The summed E-state index contributed by atoms with van der Waals surface area (Å²) in [5.41, 5.74) is 7.07. The molecular formula is C14H18ClFN2O. The van der Waals surface area contributed by atoms with E-state index in [9.17, 15) is 4.39 Å². The lowest BCUT2D eigenvalue weighted by Gasteiger charge is -2.22. The summed E-state index contributed by atoms with van der Waals surface area (Å²) in [4.78, 5) is 4.23. The van der Waals surface area contributed by atoms with Crippen molar-refractivity contribution in [3.8, 4) is 0 Å². The van der Waals surface area contributed by atoms with E-state index in [1.54, 1.807) is 0 Å². The SMILES string of the molecule is CC(C)(C)CC(N)Cc1nc2cc(F)cc(Cl)c2o1. The highest BCUT2D eigenvalue weighted by Crippen LogP contribution is 2.27. The molecule has 0 bridgehead atoms. The highest BCUT2D eigenvalue weighted by Gasteiger charge is 2.19. The molecular weight excluding hydrogens is 267 g/mol. The van der Waals surface area contributed by atoms with Crippen LogP contribution in [-0.2, 0) is 6.42 Å². The number of nitrogens with two attached hydrogens (primary N) is 1. The highest BCUT2D eigenvalue weighted by molar-refractivity contribution is 6.34. The first kappa shape index (κ1) is 14.3. The summed E-state index contributed by atoms with van der Waals surface area (Å²) >= 11 is 5.91. The molecule has 5 heteroatoms. The van der Waals surface area contributed by atoms with Crippen molar-refractivity contribution in [3.05, 3.63) is 28.9 Å². The average molecular weight is 285 g/mol. The molecule has 0 aliphatic rings. The molecule has 2 N–H and O–H groups in total. The Morgan fingerprint density at radius 1 is 1.42 bits per heavy atom. The Morgan fingerprint density at radius 3 is 2.74 bits per heavy atom. The van der Waals surface area contributed by atoms with Gasteiger partial charge < -0.3 is 10.2 Å². The molecule has 0 fully saturated rings. The maximum Gasteiger partial charge on any atom is 0.197 e. The fraction of sp³-hybridized carbons (Fsp3) is 0.500. The Bertz CT molecular complexity index is 589. The Morgan fingerprint density at radius 2 is 2.11 bits per heavy atom. The number of halogens is 2. The number of hydrogen-bond acceptors (Lipinski definition) is 3. The zero-order valence-corrected chi connectivity index (χ0v) is 12.1. The molecule has 2 aromatic rings. The van der Waals surface area contributed by atoms with Crippen molar-refractivity contribution in [2.45, 2.75) is 39.7 Å². The molecule has 1 atom stereocenters. The highest BCUT2D eigenvalue weighted by atomic mass is 35.5. The zero-order chi connectivity index (χ0) is 14.2. The number of aromatic nitrogens is 1. The van der Waals surface area contributed by atoms with Crippen molar-refractivity contribution >= 4 is 22.7 Å². The maximum atomic E-state index is 13.2. The first-order valence-corrected chi connectivity index (χ1v) is 6.62. The van der Waals surface area contributed by atoms with E-state index in [-0.39, 0.29) is 16.5 Å². The van der Waals surface area contributed by atoms with Crippen LogP contribution in [0.1, 0.15) is 33.1 Å². The second kappa shape index (κ2) is 5.10. The quantitative estimate of drug-likeness (QED) is 0.929. The Kier molecular flexibility index (Phi) is 3.83. The molecule has 0 saturated carbocycles. The van der Waals surface area contributed by atoms with E-state index in [1.165, 1.54) is 12.1 Å². The van der Waals surface area contributed by atoms with Gasteiger partial charge in [0.15, 0.2) is 11.5 Å². The van der Waals surface area contributed by atoms with Crippen LogP contribution in [0.2, 0.25) is 5.02 Å². The van der Waals surface area contributed by atoms with Crippen LogP contribution < -0.4 is 5.73 Å².